The molecule has 0 bridgehead atoms. The van der Waals surface area contributed by atoms with Gasteiger partial charge in [-0.05, 0) is 50.4 Å². The molecule has 3 aliphatic rings. The van der Waals surface area contributed by atoms with Crippen molar-refractivity contribution >= 4 is 18.2 Å². The molecule has 0 aromatic rings. The van der Waals surface area contributed by atoms with Crippen molar-refractivity contribution in [3.05, 3.63) is 0 Å². The topological polar surface area (TPSA) is 24.4 Å². The number of aliphatic imine (C=N–C) groups is 1. The Balaban J connectivity index is 0.000000963. The molecule has 0 amide bonds. The minimum atomic E-state index is 0. The maximum absolute atomic E-state index is 4.74. The van der Waals surface area contributed by atoms with Crippen LogP contribution in [0.1, 0.15) is 46.0 Å². The second kappa shape index (κ2) is 4.56. The zero-order chi connectivity index (χ0) is 10.4. The molecule has 2 aliphatic carbocycles. The van der Waals surface area contributed by atoms with Crippen molar-refractivity contribution in [1.82, 2.24) is 5.32 Å². The van der Waals surface area contributed by atoms with Gasteiger partial charge in [-0.2, -0.15) is 0 Å². The molecule has 3 heteroatoms. The molecule has 16 heavy (non-hydrogen) atoms. The van der Waals surface area contributed by atoms with Crippen LogP contribution in [0.2, 0.25) is 0 Å². The van der Waals surface area contributed by atoms with E-state index in [1.165, 1.54) is 37.9 Å². The minimum absolute atomic E-state index is 0. The third kappa shape index (κ3) is 2.53. The van der Waals surface area contributed by atoms with Crippen LogP contribution >= 0.6 is 12.4 Å². The summed E-state index contributed by atoms with van der Waals surface area (Å²) in [7, 11) is 0. The molecule has 2 fully saturated rings. The number of nitrogens with one attached hydrogen (secondary N) is 1. The van der Waals surface area contributed by atoms with Crippen LogP contribution in [0.5, 0.6) is 0 Å². The van der Waals surface area contributed by atoms with E-state index in [0.717, 1.165) is 23.8 Å². The number of halogens is 1. The average Bonchev–Trinajstić information content (AvgIpc) is 3.07. The van der Waals surface area contributed by atoms with E-state index in [9.17, 15) is 0 Å². The summed E-state index contributed by atoms with van der Waals surface area (Å²) in [5, 5.41) is 3.75. The zero-order valence-electron chi connectivity index (χ0n) is 10.3. The molecule has 2 atom stereocenters. The van der Waals surface area contributed by atoms with Crippen LogP contribution in [-0.2, 0) is 0 Å². The van der Waals surface area contributed by atoms with Gasteiger partial charge in [0.1, 0.15) is 0 Å². The second-order valence-corrected chi connectivity index (χ2v) is 5.84. The maximum Gasteiger partial charge on any atom is 0.0972 e. The number of amidine groups is 1. The van der Waals surface area contributed by atoms with E-state index in [4.69, 9.17) is 4.99 Å². The molecular formula is C13H23ClN2. The Morgan fingerprint density at radius 3 is 2.06 bits per heavy atom. The van der Waals surface area contributed by atoms with Crippen LogP contribution in [0.4, 0.5) is 0 Å². The predicted molar refractivity (Wildman–Crippen MR) is 70.3 cm³/mol. The summed E-state index contributed by atoms with van der Waals surface area (Å²) in [5.74, 6) is 4.00. The van der Waals surface area contributed by atoms with Crippen molar-refractivity contribution in [3.63, 3.8) is 0 Å². The SMILES string of the molecule is C[C@@H]1CC(NC(C2CC2)C2CC2)=N[C@H]1C.Cl. The third-order valence-electron chi connectivity index (χ3n) is 4.29. The summed E-state index contributed by atoms with van der Waals surface area (Å²) in [4.78, 5) is 4.74. The predicted octanol–water partition coefficient (Wildman–Crippen LogP) is 3.01. The van der Waals surface area contributed by atoms with E-state index >= 15 is 0 Å². The summed E-state index contributed by atoms with van der Waals surface area (Å²) in [6, 6.07) is 1.31. The third-order valence-corrected chi connectivity index (χ3v) is 4.29. The quantitative estimate of drug-likeness (QED) is 0.809. The van der Waals surface area contributed by atoms with E-state index in [-0.39, 0.29) is 12.4 Å². The Kier molecular flexibility index (Phi) is 3.48. The first-order valence-corrected chi connectivity index (χ1v) is 6.57. The minimum Gasteiger partial charge on any atom is -0.371 e. The Morgan fingerprint density at radius 1 is 1.12 bits per heavy atom. The van der Waals surface area contributed by atoms with Crippen molar-refractivity contribution in [2.75, 3.05) is 0 Å². The van der Waals surface area contributed by atoms with E-state index in [2.05, 4.69) is 19.2 Å². The summed E-state index contributed by atoms with van der Waals surface area (Å²) in [5.41, 5.74) is 0. The number of hydrogen-bond acceptors (Lipinski definition) is 2. The van der Waals surface area contributed by atoms with E-state index < -0.39 is 0 Å². The molecular weight excluding hydrogens is 220 g/mol. The first kappa shape index (κ1) is 12.2. The van der Waals surface area contributed by atoms with Crippen LogP contribution in [0.25, 0.3) is 0 Å². The Morgan fingerprint density at radius 2 is 1.69 bits per heavy atom. The molecule has 1 aliphatic heterocycles. The molecule has 0 aromatic heterocycles. The fourth-order valence-corrected chi connectivity index (χ4v) is 2.72. The molecule has 0 radical (unpaired) electrons. The number of rotatable bonds is 3. The fraction of sp³-hybridized carbons (Fsp3) is 0.923. The van der Waals surface area contributed by atoms with Gasteiger partial charge in [0.15, 0.2) is 0 Å². The highest BCUT2D eigenvalue weighted by Gasteiger charge is 2.42. The molecule has 1 N–H and O–H groups in total. The molecule has 0 saturated heterocycles. The summed E-state index contributed by atoms with van der Waals surface area (Å²) < 4.78 is 0. The van der Waals surface area contributed by atoms with Gasteiger partial charge in [0.25, 0.3) is 0 Å². The molecule has 0 unspecified atom stereocenters. The van der Waals surface area contributed by atoms with Crippen LogP contribution in [-0.4, -0.2) is 17.9 Å². The first-order valence-electron chi connectivity index (χ1n) is 6.57. The maximum atomic E-state index is 4.74. The van der Waals surface area contributed by atoms with Crippen molar-refractivity contribution in [2.45, 2.75) is 58.0 Å². The molecule has 1 heterocycles. The van der Waals surface area contributed by atoms with Gasteiger partial charge in [0, 0.05) is 12.5 Å². The Bertz CT molecular complexity index is 270. The van der Waals surface area contributed by atoms with Crippen LogP contribution in [0.3, 0.4) is 0 Å². The number of hydrogen-bond donors (Lipinski definition) is 1. The van der Waals surface area contributed by atoms with Crippen LogP contribution < -0.4 is 5.32 Å². The van der Waals surface area contributed by atoms with Crippen molar-refractivity contribution in [2.24, 2.45) is 22.7 Å². The van der Waals surface area contributed by atoms with Crippen LogP contribution in [0, 0.1) is 17.8 Å². The first-order chi connectivity index (χ1) is 7.24. The Labute approximate surface area is 105 Å². The van der Waals surface area contributed by atoms with E-state index in [0.29, 0.717) is 6.04 Å². The molecule has 2 saturated carbocycles. The monoisotopic (exact) mass is 242 g/mol. The van der Waals surface area contributed by atoms with Crippen molar-refractivity contribution in [3.8, 4) is 0 Å². The van der Waals surface area contributed by atoms with Gasteiger partial charge in [0.05, 0.1) is 11.9 Å². The molecule has 0 spiro atoms. The largest absolute Gasteiger partial charge is 0.371 e. The lowest BCUT2D eigenvalue weighted by Gasteiger charge is -2.18. The highest BCUT2D eigenvalue weighted by atomic mass is 35.5. The van der Waals surface area contributed by atoms with Gasteiger partial charge in [-0.15, -0.1) is 12.4 Å². The standard InChI is InChI=1S/C13H22N2.ClH/c1-8-7-12(14-9(8)2)15-13(10-3-4-10)11-5-6-11;/h8-11,13H,3-7H2,1-2H3,(H,14,15);1H/t8-,9+;/m1./s1. The van der Waals surface area contributed by atoms with Gasteiger partial charge in [-0.25, -0.2) is 0 Å². The second-order valence-electron chi connectivity index (χ2n) is 5.84. The molecule has 92 valence electrons. The molecule has 2 nitrogen and oxygen atoms in total. The highest BCUT2D eigenvalue weighted by molar-refractivity contribution is 5.85. The van der Waals surface area contributed by atoms with Gasteiger partial charge >= 0.3 is 0 Å². The van der Waals surface area contributed by atoms with Crippen molar-refractivity contribution in [1.29, 1.82) is 0 Å². The smallest absolute Gasteiger partial charge is 0.0972 e. The summed E-state index contributed by atoms with van der Waals surface area (Å²) >= 11 is 0. The van der Waals surface area contributed by atoms with Gasteiger partial charge in [-0.1, -0.05) is 6.92 Å². The highest BCUT2D eigenvalue weighted by Crippen LogP contribution is 2.44. The molecule has 3 rings (SSSR count). The lowest BCUT2D eigenvalue weighted by Crippen LogP contribution is -2.37. The molecule has 0 aromatic carbocycles. The lowest BCUT2D eigenvalue weighted by molar-refractivity contribution is 0.477. The van der Waals surface area contributed by atoms with Crippen LogP contribution in [0.15, 0.2) is 4.99 Å². The zero-order valence-corrected chi connectivity index (χ0v) is 11.1. The van der Waals surface area contributed by atoms with E-state index in [1.807, 2.05) is 0 Å². The fourth-order valence-electron chi connectivity index (χ4n) is 2.72. The number of nitrogens with zero attached hydrogens (tertiary/aromatic N) is 1. The summed E-state index contributed by atoms with van der Waals surface area (Å²) in [6.45, 7) is 4.55. The Hall–Kier alpha value is -0.240. The normalized spacial score (nSPS) is 33.6. The van der Waals surface area contributed by atoms with Gasteiger partial charge in [0.2, 0.25) is 0 Å². The van der Waals surface area contributed by atoms with Crippen molar-refractivity contribution < 1.29 is 0 Å². The summed E-state index contributed by atoms with van der Waals surface area (Å²) in [6.07, 6.45) is 6.98. The van der Waals surface area contributed by atoms with Gasteiger partial charge in [-0.3, -0.25) is 4.99 Å². The van der Waals surface area contributed by atoms with E-state index in [1.54, 1.807) is 0 Å². The van der Waals surface area contributed by atoms with Gasteiger partial charge < -0.3 is 5.32 Å². The lowest BCUT2D eigenvalue weighted by atomic mass is 10.0. The average molecular weight is 243 g/mol.